The molecule has 102 valence electrons. The number of pyridine rings is 1. The van der Waals surface area contributed by atoms with E-state index in [-0.39, 0.29) is 21.8 Å². The summed E-state index contributed by atoms with van der Waals surface area (Å²) in [7, 11) is 1.57. The van der Waals surface area contributed by atoms with Gasteiger partial charge in [-0.15, -0.1) is 0 Å². The average molecular weight is 289 g/mol. The number of benzene rings is 1. The lowest BCUT2D eigenvalue weighted by molar-refractivity contribution is -0.384. The zero-order valence-corrected chi connectivity index (χ0v) is 11.4. The molecular weight excluding hydrogens is 278 g/mol. The number of nitro groups is 1. The molecule has 0 radical (unpaired) electrons. The number of non-ortho nitro benzene ring substituents is 1. The Morgan fingerprint density at radius 3 is 2.65 bits per heavy atom. The van der Waals surface area contributed by atoms with Gasteiger partial charge in [0.05, 0.1) is 16.2 Å². The van der Waals surface area contributed by atoms with Crippen molar-refractivity contribution in [3.63, 3.8) is 0 Å². The summed E-state index contributed by atoms with van der Waals surface area (Å²) < 4.78 is 1.37. The summed E-state index contributed by atoms with van der Waals surface area (Å²) >= 11 is 4.80. The van der Waals surface area contributed by atoms with Crippen LogP contribution in [0.15, 0.2) is 41.2 Å². The largest absolute Gasteiger partial charge is 0.389 e. The molecule has 6 nitrogen and oxygen atoms in total. The third-order valence-corrected chi connectivity index (χ3v) is 3.14. The summed E-state index contributed by atoms with van der Waals surface area (Å²) in [6.45, 7) is 0. The highest BCUT2D eigenvalue weighted by molar-refractivity contribution is 7.80. The number of nitro benzene ring substituents is 1. The van der Waals surface area contributed by atoms with Gasteiger partial charge in [-0.1, -0.05) is 24.4 Å². The number of hydrogen-bond donors (Lipinski definition) is 1. The number of nitrogens with zero attached hydrogens (tertiary/aromatic N) is 2. The van der Waals surface area contributed by atoms with Crippen molar-refractivity contribution >= 4 is 22.9 Å². The van der Waals surface area contributed by atoms with Crippen molar-refractivity contribution in [2.45, 2.75) is 0 Å². The van der Waals surface area contributed by atoms with Gasteiger partial charge in [0.25, 0.3) is 11.2 Å². The van der Waals surface area contributed by atoms with Crippen LogP contribution >= 0.6 is 12.2 Å². The Morgan fingerprint density at radius 1 is 1.35 bits per heavy atom. The smallest absolute Gasteiger partial charge is 0.270 e. The minimum absolute atomic E-state index is 0.0243. The molecular formula is C13H11N3O3S. The first-order chi connectivity index (χ1) is 9.41. The van der Waals surface area contributed by atoms with Crippen LogP contribution in [0.5, 0.6) is 0 Å². The van der Waals surface area contributed by atoms with Crippen LogP contribution in [-0.4, -0.2) is 14.5 Å². The number of rotatable bonds is 3. The minimum Gasteiger partial charge on any atom is -0.389 e. The second-order valence-corrected chi connectivity index (χ2v) is 4.61. The molecule has 2 N–H and O–H groups in total. The quantitative estimate of drug-likeness (QED) is 0.526. The molecule has 0 aliphatic heterocycles. The second-order valence-electron chi connectivity index (χ2n) is 4.17. The van der Waals surface area contributed by atoms with E-state index in [1.807, 2.05) is 0 Å². The molecule has 0 atom stereocenters. The van der Waals surface area contributed by atoms with E-state index in [2.05, 4.69) is 0 Å². The molecule has 0 aliphatic carbocycles. The summed E-state index contributed by atoms with van der Waals surface area (Å²) in [5, 5.41) is 10.8. The van der Waals surface area contributed by atoms with Crippen molar-refractivity contribution in [2.24, 2.45) is 12.8 Å². The van der Waals surface area contributed by atoms with E-state index in [0.29, 0.717) is 11.3 Å². The molecule has 0 unspecified atom stereocenters. The zero-order valence-electron chi connectivity index (χ0n) is 10.6. The van der Waals surface area contributed by atoms with E-state index in [0.717, 1.165) is 0 Å². The molecule has 1 heterocycles. The molecule has 1 aromatic carbocycles. The van der Waals surface area contributed by atoms with E-state index in [9.17, 15) is 14.9 Å². The number of thiocarbonyl (C=S) groups is 1. The fourth-order valence-corrected chi connectivity index (χ4v) is 2.05. The Hall–Kier alpha value is -2.54. The van der Waals surface area contributed by atoms with Gasteiger partial charge < -0.3 is 10.3 Å². The standard InChI is InChI=1S/C13H11N3O3S/c1-15-11(6-5-10(12(14)20)13(15)17)8-3-2-4-9(7-8)16(18)19/h2-7H,1H3,(H2,14,20). The molecule has 0 amide bonds. The summed E-state index contributed by atoms with van der Waals surface area (Å²) in [6.07, 6.45) is 0. The van der Waals surface area contributed by atoms with Gasteiger partial charge in [-0.25, -0.2) is 0 Å². The topological polar surface area (TPSA) is 91.2 Å². The van der Waals surface area contributed by atoms with E-state index in [1.165, 1.54) is 22.8 Å². The normalized spacial score (nSPS) is 10.2. The lowest BCUT2D eigenvalue weighted by Crippen LogP contribution is -2.28. The summed E-state index contributed by atoms with van der Waals surface area (Å²) in [4.78, 5) is 22.4. The Balaban J connectivity index is 2.62. The summed E-state index contributed by atoms with van der Waals surface area (Å²) in [6, 6.07) is 9.26. The Labute approximate surface area is 119 Å². The molecule has 0 saturated heterocycles. The van der Waals surface area contributed by atoms with Crippen LogP contribution in [0.1, 0.15) is 5.56 Å². The van der Waals surface area contributed by atoms with Crippen LogP contribution in [-0.2, 0) is 7.05 Å². The third-order valence-electron chi connectivity index (χ3n) is 2.92. The van der Waals surface area contributed by atoms with Gasteiger partial charge in [-0.05, 0) is 12.1 Å². The molecule has 1 aromatic heterocycles. The number of nitrogens with two attached hydrogens (primary N) is 1. The number of aromatic nitrogens is 1. The molecule has 0 fully saturated rings. The molecule has 0 spiro atoms. The van der Waals surface area contributed by atoms with Gasteiger partial charge in [0, 0.05) is 24.7 Å². The summed E-state index contributed by atoms with van der Waals surface area (Å²) in [5.41, 5.74) is 6.48. The molecule has 20 heavy (non-hydrogen) atoms. The zero-order chi connectivity index (χ0) is 14.9. The van der Waals surface area contributed by atoms with Crippen LogP contribution in [0.4, 0.5) is 5.69 Å². The van der Waals surface area contributed by atoms with Crippen molar-refractivity contribution in [3.8, 4) is 11.3 Å². The van der Waals surface area contributed by atoms with E-state index in [1.54, 1.807) is 25.2 Å². The van der Waals surface area contributed by atoms with Gasteiger partial charge in [0.2, 0.25) is 0 Å². The Kier molecular flexibility index (Phi) is 3.62. The van der Waals surface area contributed by atoms with Gasteiger partial charge in [-0.2, -0.15) is 0 Å². The monoisotopic (exact) mass is 289 g/mol. The van der Waals surface area contributed by atoms with Crippen molar-refractivity contribution in [1.29, 1.82) is 0 Å². The van der Waals surface area contributed by atoms with Gasteiger partial charge in [0.15, 0.2) is 0 Å². The van der Waals surface area contributed by atoms with Crippen LogP contribution in [0.3, 0.4) is 0 Å². The predicted octanol–water partition coefficient (Wildman–Crippen LogP) is 1.59. The maximum atomic E-state index is 12.1. The van der Waals surface area contributed by atoms with E-state index in [4.69, 9.17) is 18.0 Å². The van der Waals surface area contributed by atoms with Crippen LogP contribution < -0.4 is 11.3 Å². The molecule has 2 rings (SSSR count). The molecule has 0 saturated carbocycles. The highest BCUT2D eigenvalue weighted by Crippen LogP contribution is 2.22. The highest BCUT2D eigenvalue weighted by atomic mass is 32.1. The first kappa shape index (κ1) is 13.9. The predicted molar refractivity (Wildman–Crippen MR) is 79.7 cm³/mol. The van der Waals surface area contributed by atoms with E-state index >= 15 is 0 Å². The maximum Gasteiger partial charge on any atom is 0.270 e. The van der Waals surface area contributed by atoms with Crippen molar-refractivity contribution < 1.29 is 4.92 Å². The van der Waals surface area contributed by atoms with Crippen LogP contribution in [0.2, 0.25) is 0 Å². The molecule has 2 aromatic rings. The first-order valence-electron chi connectivity index (χ1n) is 5.66. The fourth-order valence-electron chi connectivity index (χ4n) is 1.89. The number of hydrogen-bond acceptors (Lipinski definition) is 4. The fraction of sp³-hybridized carbons (Fsp3) is 0.0769. The van der Waals surface area contributed by atoms with Gasteiger partial charge in [-0.3, -0.25) is 14.9 Å². The SMILES string of the molecule is Cn1c(-c2cccc([N+](=O)[O-])c2)ccc(C(N)=S)c1=O. The lowest BCUT2D eigenvalue weighted by atomic mass is 10.1. The van der Waals surface area contributed by atoms with Gasteiger partial charge in [0.1, 0.15) is 4.99 Å². The van der Waals surface area contributed by atoms with Crippen molar-refractivity contribution in [2.75, 3.05) is 0 Å². The minimum atomic E-state index is -0.481. The molecule has 7 heteroatoms. The summed E-state index contributed by atoms with van der Waals surface area (Å²) in [5.74, 6) is 0. The Morgan fingerprint density at radius 2 is 2.05 bits per heavy atom. The average Bonchev–Trinajstić information content (AvgIpc) is 2.41. The van der Waals surface area contributed by atoms with Gasteiger partial charge >= 0.3 is 0 Å². The highest BCUT2D eigenvalue weighted by Gasteiger charge is 2.12. The second kappa shape index (κ2) is 5.22. The van der Waals surface area contributed by atoms with E-state index < -0.39 is 4.92 Å². The van der Waals surface area contributed by atoms with Crippen LogP contribution in [0, 0.1) is 10.1 Å². The Bertz CT molecular complexity index is 768. The molecule has 0 bridgehead atoms. The van der Waals surface area contributed by atoms with Crippen molar-refractivity contribution in [1.82, 2.24) is 4.57 Å². The lowest BCUT2D eigenvalue weighted by Gasteiger charge is -2.10. The third kappa shape index (κ3) is 2.43. The maximum absolute atomic E-state index is 12.1. The van der Waals surface area contributed by atoms with Crippen LogP contribution in [0.25, 0.3) is 11.3 Å². The first-order valence-corrected chi connectivity index (χ1v) is 6.07. The van der Waals surface area contributed by atoms with Crippen molar-refractivity contribution in [3.05, 3.63) is 62.4 Å². The molecule has 0 aliphatic rings.